The van der Waals surface area contributed by atoms with Crippen LogP contribution in [0.15, 0.2) is 13.2 Å². The Morgan fingerprint density at radius 2 is 1.64 bits per heavy atom. The molecule has 0 rings (SSSR count). The highest BCUT2D eigenvalue weighted by Crippen LogP contribution is 1.72. The number of hydrogen-bond donors (Lipinski definition) is 1. The predicted molar refractivity (Wildman–Crippen MR) is 50.8 cm³/mol. The maximum Gasteiger partial charge on any atom is 0.0484 e. The van der Waals surface area contributed by atoms with Crippen molar-refractivity contribution < 1.29 is 9.84 Å². The molecule has 0 aromatic rings. The van der Waals surface area contributed by atoms with Gasteiger partial charge in [0.2, 0.25) is 0 Å². The maximum atomic E-state index is 8.12. The molecule has 0 spiro atoms. The van der Waals surface area contributed by atoms with E-state index in [1.165, 1.54) is 6.42 Å². The summed E-state index contributed by atoms with van der Waals surface area (Å²) in [5, 5.41) is 8.12. The molecule has 0 atom stereocenters. The van der Waals surface area contributed by atoms with Gasteiger partial charge in [-0.3, -0.25) is 0 Å². The number of ether oxygens (including phenoxy) is 1. The summed E-state index contributed by atoms with van der Waals surface area (Å²) in [5.74, 6) is 0. The van der Waals surface area contributed by atoms with Crippen LogP contribution >= 0.6 is 0 Å². The standard InChI is InChI=1S/C4H10O2.C3H8.C2H4/c1-6-4-2-3-5;1-3-2;1-2/h5H,2-4H2,1H3;3H2,1-2H3;1-2H2. The van der Waals surface area contributed by atoms with Gasteiger partial charge >= 0.3 is 0 Å². The first-order valence-electron chi connectivity index (χ1n) is 3.93. The molecule has 0 heterocycles. The lowest BCUT2D eigenvalue weighted by Gasteiger charge is -1.89. The largest absolute Gasteiger partial charge is 0.396 e. The van der Waals surface area contributed by atoms with E-state index >= 15 is 0 Å². The molecule has 0 aliphatic carbocycles. The van der Waals surface area contributed by atoms with Crippen molar-refractivity contribution in [3.63, 3.8) is 0 Å². The molecule has 2 nitrogen and oxygen atoms in total. The second-order valence-corrected chi connectivity index (χ2v) is 1.78. The Morgan fingerprint density at radius 3 is 1.73 bits per heavy atom. The topological polar surface area (TPSA) is 29.5 Å². The van der Waals surface area contributed by atoms with Crippen LogP contribution in [0.1, 0.15) is 26.7 Å². The molecule has 0 aliphatic rings. The highest BCUT2D eigenvalue weighted by Gasteiger charge is 1.75. The zero-order valence-electron chi connectivity index (χ0n) is 8.10. The van der Waals surface area contributed by atoms with Crippen molar-refractivity contribution in [2.24, 2.45) is 0 Å². The Bertz CT molecular complexity index is 34.5. The Morgan fingerprint density at radius 1 is 1.27 bits per heavy atom. The number of rotatable bonds is 3. The minimum absolute atomic E-state index is 0.230. The number of hydrogen-bond acceptors (Lipinski definition) is 2. The zero-order chi connectivity index (χ0) is 9.54. The first-order valence-corrected chi connectivity index (χ1v) is 3.93. The van der Waals surface area contributed by atoms with E-state index in [0.29, 0.717) is 6.61 Å². The quantitative estimate of drug-likeness (QED) is 0.509. The van der Waals surface area contributed by atoms with E-state index in [1.54, 1.807) is 7.11 Å². The van der Waals surface area contributed by atoms with E-state index < -0.39 is 0 Å². The molecule has 0 aromatic carbocycles. The molecule has 0 saturated carbocycles. The Labute approximate surface area is 70.9 Å². The van der Waals surface area contributed by atoms with E-state index in [-0.39, 0.29) is 6.61 Å². The normalized spacial score (nSPS) is 6.91. The monoisotopic (exact) mass is 162 g/mol. The van der Waals surface area contributed by atoms with E-state index in [9.17, 15) is 0 Å². The third-order valence-corrected chi connectivity index (χ3v) is 0.507. The fourth-order valence-electron chi connectivity index (χ4n) is 0.209. The molecule has 0 aromatic heterocycles. The van der Waals surface area contributed by atoms with Gasteiger partial charge in [0.25, 0.3) is 0 Å². The molecular formula is C9H22O2. The van der Waals surface area contributed by atoms with Crippen LogP contribution < -0.4 is 0 Å². The van der Waals surface area contributed by atoms with Crippen LogP contribution in [0.3, 0.4) is 0 Å². The van der Waals surface area contributed by atoms with Gasteiger partial charge in [-0.1, -0.05) is 20.3 Å². The van der Waals surface area contributed by atoms with E-state index in [1.807, 2.05) is 0 Å². The first-order chi connectivity index (χ1) is 5.33. The average Bonchev–Trinajstić information content (AvgIpc) is 2.06. The fourth-order valence-corrected chi connectivity index (χ4v) is 0.209. The molecule has 0 saturated heterocycles. The maximum absolute atomic E-state index is 8.12. The SMILES string of the molecule is C=C.CCC.COCCCO. The van der Waals surface area contributed by atoms with E-state index in [0.717, 1.165) is 6.42 Å². The van der Waals surface area contributed by atoms with Gasteiger partial charge in [-0.2, -0.15) is 0 Å². The van der Waals surface area contributed by atoms with Crippen LogP contribution in [-0.2, 0) is 4.74 Å². The van der Waals surface area contributed by atoms with Gasteiger partial charge in [0, 0.05) is 20.3 Å². The second-order valence-electron chi connectivity index (χ2n) is 1.78. The van der Waals surface area contributed by atoms with Crippen LogP contribution in [0, 0.1) is 0 Å². The minimum atomic E-state index is 0.230. The predicted octanol–water partition coefficient (Wildman–Crippen LogP) is 2.23. The van der Waals surface area contributed by atoms with Crippen molar-refractivity contribution in [2.45, 2.75) is 26.7 Å². The fraction of sp³-hybridized carbons (Fsp3) is 0.778. The Kier molecular flexibility index (Phi) is 51.4. The third-order valence-electron chi connectivity index (χ3n) is 0.507. The van der Waals surface area contributed by atoms with Crippen molar-refractivity contribution in [3.8, 4) is 0 Å². The molecular weight excluding hydrogens is 140 g/mol. The van der Waals surface area contributed by atoms with Gasteiger partial charge in [-0.25, -0.2) is 0 Å². The molecule has 0 aliphatic heterocycles. The summed E-state index contributed by atoms with van der Waals surface area (Å²) in [6.07, 6.45) is 2.00. The highest BCUT2D eigenvalue weighted by atomic mass is 16.5. The summed E-state index contributed by atoms with van der Waals surface area (Å²) in [4.78, 5) is 0. The van der Waals surface area contributed by atoms with Crippen molar-refractivity contribution in [3.05, 3.63) is 13.2 Å². The lowest BCUT2D eigenvalue weighted by atomic mass is 10.5. The van der Waals surface area contributed by atoms with E-state index in [4.69, 9.17) is 5.11 Å². The molecule has 1 N–H and O–H groups in total. The van der Waals surface area contributed by atoms with Gasteiger partial charge in [0.1, 0.15) is 0 Å². The minimum Gasteiger partial charge on any atom is -0.396 e. The molecule has 0 amide bonds. The molecule has 0 fully saturated rings. The smallest absolute Gasteiger partial charge is 0.0484 e. The van der Waals surface area contributed by atoms with Crippen LogP contribution in [0.2, 0.25) is 0 Å². The number of aliphatic hydroxyl groups is 1. The molecule has 70 valence electrons. The molecule has 0 bridgehead atoms. The average molecular weight is 162 g/mol. The summed E-state index contributed by atoms with van der Waals surface area (Å²) >= 11 is 0. The van der Waals surface area contributed by atoms with Crippen LogP contribution in [-0.4, -0.2) is 25.4 Å². The molecule has 11 heavy (non-hydrogen) atoms. The Hall–Kier alpha value is -0.340. The number of methoxy groups -OCH3 is 1. The highest BCUT2D eigenvalue weighted by molar-refractivity contribution is 4.25. The lowest BCUT2D eigenvalue weighted by molar-refractivity contribution is 0.166. The van der Waals surface area contributed by atoms with Gasteiger partial charge in [-0.05, 0) is 6.42 Å². The van der Waals surface area contributed by atoms with Gasteiger partial charge in [0.05, 0.1) is 0 Å². The second kappa shape index (κ2) is 33.4. The van der Waals surface area contributed by atoms with Crippen molar-refractivity contribution in [2.75, 3.05) is 20.3 Å². The molecule has 0 radical (unpaired) electrons. The van der Waals surface area contributed by atoms with Gasteiger partial charge < -0.3 is 9.84 Å². The summed E-state index contributed by atoms with van der Waals surface area (Å²) in [6, 6.07) is 0. The van der Waals surface area contributed by atoms with Crippen LogP contribution in [0.4, 0.5) is 0 Å². The number of aliphatic hydroxyl groups excluding tert-OH is 1. The summed E-state index contributed by atoms with van der Waals surface area (Å²) in [7, 11) is 1.62. The molecule has 2 heteroatoms. The summed E-state index contributed by atoms with van der Waals surface area (Å²) in [5.41, 5.74) is 0. The summed E-state index contributed by atoms with van der Waals surface area (Å²) in [6.45, 7) is 11.1. The van der Waals surface area contributed by atoms with Crippen molar-refractivity contribution in [1.82, 2.24) is 0 Å². The van der Waals surface area contributed by atoms with Crippen molar-refractivity contribution >= 4 is 0 Å². The van der Waals surface area contributed by atoms with Crippen molar-refractivity contribution in [1.29, 1.82) is 0 Å². The Balaban J connectivity index is -0.000000109. The van der Waals surface area contributed by atoms with Gasteiger partial charge in [0.15, 0.2) is 0 Å². The van der Waals surface area contributed by atoms with Gasteiger partial charge in [-0.15, -0.1) is 13.2 Å². The lowest BCUT2D eigenvalue weighted by Crippen LogP contribution is -1.90. The zero-order valence-corrected chi connectivity index (χ0v) is 8.10. The summed E-state index contributed by atoms with van der Waals surface area (Å²) < 4.78 is 4.62. The van der Waals surface area contributed by atoms with E-state index in [2.05, 4.69) is 31.7 Å². The van der Waals surface area contributed by atoms with Crippen LogP contribution in [0.25, 0.3) is 0 Å². The van der Waals surface area contributed by atoms with Crippen LogP contribution in [0.5, 0.6) is 0 Å². The first kappa shape index (κ1) is 17.0. The molecule has 0 unspecified atom stereocenters. The third kappa shape index (κ3) is 80.1.